The summed E-state index contributed by atoms with van der Waals surface area (Å²) in [5.74, 6) is 0.285. The first-order valence-electron chi connectivity index (χ1n) is 5.68. The van der Waals surface area contributed by atoms with Crippen molar-refractivity contribution in [3.05, 3.63) is 48.4 Å². The topological polar surface area (TPSA) is 64.7 Å². The number of hydrogen-bond donors (Lipinski definition) is 1. The highest BCUT2D eigenvalue weighted by atomic mass is 15.0. The van der Waals surface area contributed by atoms with E-state index in [1.54, 1.807) is 12.4 Å². The number of nitrogen functional groups attached to an aromatic ring is 1. The van der Waals surface area contributed by atoms with Crippen LogP contribution in [0.3, 0.4) is 0 Å². The lowest BCUT2D eigenvalue weighted by Gasteiger charge is -2.06. The number of aryl methyl sites for hydroxylation is 1. The number of nitrogens with two attached hydrogens (primary N) is 1. The maximum Gasteiger partial charge on any atom is 0.219 e. The van der Waals surface area contributed by atoms with Crippen LogP contribution >= 0.6 is 0 Å². The molecule has 2 aromatic heterocycles. The van der Waals surface area contributed by atoms with Gasteiger partial charge in [-0.05, 0) is 24.6 Å². The lowest BCUT2D eigenvalue weighted by molar-refractivity contribution is 1.19. The molecule has 0 amide bonds. The van der Waals surface area contributed by atoms with Crippen LogP contribution in [0.1, 0.15) is 5.69 Å². The largest absolute Gasteiger partial charge is 0.368 e. The van der Waals surface area contributed by atoms with E-state index >= 15 is 0 Å². The van der Waals surface area contributed by atoms with Crippen molar-refractivity contribution in [2.45, 2.75) is 6.92 Å². The Hall–Kier alpha value is -2.49. The van der Waals surface area contributed by atoms with Crippen molar-refractivity contribution in [2.75, 3.05) is 5.73 Å². The standard InChI is InChI=1S/C14H12N4/c1-9-5-6-12-11(3-2-4-13(12)18-9)10-7-16-14(15)17-8-10/h2-8H,1H3,(H2,15,16,17). The minimum Gasteiger partial charge on any atom is -0.368 e. The van der Waals surface area contributed by atoms with Gasteiger partial charge in [-0.25, -0.2) is 9.97 Å². The van der Waals surface area contributed by atoms with E-state index in [-0.39, 0.29) is 5.95 Å². The van der Waals surface area contributed by atoms with Crippen LogP contribution < -0.4 is 5.73 Å². The number of aromatic nitrogens is 3. The number of benzene rings is 1. The van der Waals surface area contributed by atoms with Gasteiger partial charge in [-0.15, -0.1) is 0 Å². The van der Waals surface area contributed by atoms with Crippen molar-refractivity contribution in [1.29, 1.82) is 0 Å². The Kier molecular flexibility index (Phi) is 2.41. The van der Waals surface area contributed by atoms with Crippen molar-refractivity contribution in [1.82, 2.24) is 15.0 Å². The first-order chi connectivity index (χ1) is 8.74. The zero-order valence-electron chi connectivity index (χ0n) is 9.96. The highest BCUT2D eigenvalue weighted by Crippen LogP contribution is 2.27. The molecule has 0 aliphatic heterocycles. The lowest BCUT2D eigenvalue weighted by atomic mass is 10.0. The summed E-state index contributed by atoms with van der Waals surface area (Å²) >= 11 is 0. The Labute approximate surface area is 105 Å². The smallest absolute Gasteiger partial charge is 0.219 e. The van der Waals surface area contributed by atoms with Gasteiger partial charge in [0.25, 0.3) is 0 Å². The first-order valence-corrected chi connectivity index (χ1v) is 5.68. The van der Waals surface area contributed by atoms with Gasteiger partial charge in [-0.3, -0.25) is 4.98 Å². The third kappa shape index (κ3) is 1.78. The fourth-order valence-corrected chi connectivity index (χ4v) is 1.99. The minimum absolute atomic E-state index is 0.285. The Morgan fingerprint density at radius 1 is 1.00 bits per heavy atom. The molecule has 3 aromatic rings. The van der Waals surface area contributed by atoms with Crippen LogP contribution in [0.5, 0.6) is 0 Å². The summed E-state index contributed by atoms with van der Waals surface area (Å²) in [6.07, 6.45) is 3.47. The highest BCUT2D eigenvalue weighted by molar-refractivity contribution is 5.94. The summed E-state index contributed by atoms with van der Waals surface area (Å²) < 4.78 is 0. The number of rotatable bonds is 1. The minimum atomic E-state index is 0.285. The molecular formula is C14H12N4. The normalized spacial score (nSPS) is 10.7. The van der Waals surface area contributed by atoms with Crippen LogP contribution in [0, 0.1) is 6.92 Å². The van der Waals surface area contributed by atoms with Crippen molar-refractivity contribution >= 4 is 16.9 Å². The molecule has 0 atom stereocenters. The molecule has 88 valence electrons. The van der Waals surface area contributed by atoms with Crippen LogP contribution in [-0.4, -0.2) is 15.0 Å². The summed E-state index contributed by atoms with van der Waals surface area (Å²) in [6.45, 7) is 1.98. The molecule has 0 bridgehead atoms. The Bertz CT molecular complexity index is 705. The van der Waals surface area contributed by atoms with Gasteiger partial charge in [-0.1, -0.05) is 18.2 Å². The maximum atomic E-state index is 5.50. The van der Waals surface area contributed by atoms with Crippen molar-refractivity contribution in [2.24, 2.45) is 0 Å². The van der Waals surface area contributed by atoms with Gasteiger partial charge in [-0.2, -0.15) is 0 Å². The van der Waals surface area contributed by atoms with Gasteiger partial charge in [0.1, 0.15) is 0 Å². The highest BCUT2D eigenvalue weighted by Gasteiger charge is 2.05. The number of pyridine rings is 1. The second kappa shape index (κ2) is 4.07. The molecule has 0 radical (unpaired) electrons. The Balaban J connectivity index is 2.26. The van der Waals surface area contributed by atoms with E-state index < -0.39 is 0 Å². The molecule has 4 heteroatoms. The van der Waals surface area contributed by atoms with E-state index in [9.17, 15) is 0 Å². The van der Waals surface area contributed by atoms with E-state index in [2.05, 4.69) is 21.0 Å². The zero-order chi connectivity index (χ0) is 12.5. The van der Waals surface area contributed by atoms with Gasteiger partial charge >= 0.3 is 0 Å². The predicted octanol–water partition coefficient (Wildman–Crippen LogP) is 2.58. The van der Waals surface area contributed by atoms with Gasteiger partial charge in [0.2, 0.25) is 5.95 Å². The van der Waals surface area contributed by atoms with Crippen LogP contribution in [0.15, 0.2) is 42.7 Å². The molecule has 2 heterocycles. The third-order valence-corrected chi connectivity index (χ3v) is 2.85. The van der Waals surface area contributed by atoms with E-state index in [0.717, 1.165) is 27.7 Å². The lowest BCUT2D eigenvalue weighted by Crippen LogP contribution is -1.94. The van der Waals surface area contributed by atoms with E-state index in [1.165, 1.54) is 0 Å². The number of anilines is 1. The number of hydrogen-bond acceptors (Lipinski definition) is 4. The second-order valence-electron chi connectivity index (χ2n) is 4.15. The zero-order valence-corrected chi connectivity index (χ0v) is 9.96. The molecule has 0 unspecified atom stereocenters. The molecule has 0 fully saturated rings. The number of fused-ring (bicyclic) bond motifs is 1. The SMILES string of the molecule is Cc1ccc2c(-c3cnc(N)nc3)cccc2n1. The Morgan fingerprint density at radius 3 is 2.56 bits per heavy atom. The Morgan fingerprint density at radius 2 is 1.78 bits per heavy atom. The van der Waals surface area contributed by atoms with Crippen LogP contribution in [0.4, 0.5) is 5.95 Å². The molecule has 3 rings (SSSR count). The quantitative estimate of drug-likeness (QED) is 0.705. The molecule has 0 saturated carbocycles. The molecule has 0 aliphatic rings. The predicted molar refractivity (Wildman–Crippen MR) is 71.9 cm³/mol. The van der Waals surface area contributed by atoms with Crippen LogP contribution in [0.25, 0.3) is 22.0 Å². The number of nitrogens with zero attached hydrogens (tertiary/aromatic N) is 3. The third-order valence-electron chi connectivity index (χ3n) is 2.85. The van der Waals surface area contributed by atoms with E-state index in [1.807, 2.05) is 31.2 Å². The molecule has 0 spiro atoms. The van der Waals surface area contributed by atoms with Crippen molar-refractivity contribution in [3.8, 4) is 11.1 Å². The fourth-order valence-electron chi connectivity index (χ4n) is 1.99. The summed E-state index contributed by atoms with van der Waals surface area (Å²) in [7, 11) is 0. The van der Waals surface area contributed by atoms with E-state index in [4.69, 9.17) is 5.73 Å². The van der Waals surface area contributed by atoms with Gasteiger partial charge in [0.05, 0.1) is 5.52 Å². The molecule has 4 nitrogen and oxygen atoms in total. The second-order valence-corrected chi connectivity index (χ2v) is 4.15. The summed E-state index contributed by atoms with van der Waals surface area (Å²) in [5, 5.41) is 1.09. The van der Waals surface area contributed by atoms with Gasteiger partial charge in [0.15, 0.2) is 0 Å². The summed E-state index contributed by atoms with van der Waals surface area (Å²) in [4.78, 5) is 12.6. The molecular weight excluding hydrogens is 224 g/mol. The molecule has 2 N–H and O–H groups in total. The molecule has 0 aliphatic carbocycles. The van der Waals surface area contributed by atoms with Crippen molar-refractivity contribution < 1.29 is 0 Å². The molecule has 18 heavy (non-hydrogen) atoms. The van der Waals surface area contributed by atoms with Gasteiger partial charge < -0.3 is 5.73 Å². The van der Waals surface area contributed by atoms with Crippen LogP contribution in [0.2, 0.25) is 0 Å². The fraction of sp³-hybridized carbons (Fsp3) is 0.0714. The first kappa shape index (κ1) is 10.7. The average molecular weight is 236 g/mol. The molecule has 0 saturated heterocycles. The maximum absolute atomic E-state index is 5.50. The monoisotopic (exact) mass is 236 g/mol. The average Bonchev–Trinajstić information content (AvgIpc) is 2.38. The molecule has 1 aromatic carbocycles. The van der Waals surface area contributed by atoms with Crippen LogP contribution in [-0.2, 0) is 0 Å². The summed E-state index contributed by atoms with van der Waals surface area (Å²) in [6, 6.07) is 10.1. The van der Waals surface area contributed by atoms with E-state index in [0.29, 0.717) is 0 Å². The summed E-state index contributed by atoms with van der Waals surface area (Å²) in [5.41, 5.74) is 9.50. The van der Waals surface area contributed by atoms with Crippen molar-refractivity contribution in [3.63, 3.8) is 0 Å². The van der Waals surface area contributed by atoms with Gasteiger partial charge in [0, 0.05) is 29.0 Å².